The molecule has 3 rings (SSSR count). The molecule has 0 spiro atoms. The van der Waals surface area contributed by atoms with Crippen LogP contribution in [0.15, 0.2) is 50.5 Å². The zero-order valence-electron chi connectivity index (χ0n) is 13.6. The molecule has 0 aliphatic carbocycles. The number of ether oxygens (including phenoxy) is 1. The topological polar surface area (TPSA) is 72.8 Å². The van der Waals surface area contributed by atoms with Crippen LogP contribution in [0.25, 0.3) is 22.5 Å². The van der Waals surface area contributed by atoms with Gasteiger partial charge in [-0.2, -0.15) is 0 Å². The first-order valence-electron chi connectivity index (χ1n) is 7.62. The predicted molar refractivity (Wildman–Crippen MR) is 91.6 cm³/mol. The maximum absolute atomic E-state index is 11.8. The van der Waals surface area contributed by atoms with Crippen molar-refractivity contribution in [3.63, 3.8) is 0 Å². The number of hydrogen-bond acceptors (Lipinski definition) is 5. The monoisotopic (exact) mass is 326 g/mol. The van der Waals surface area contributed by atoms with Crippen LogP contribution < -0.4 is 10.4 Å². The van der Waals surface area contributed by atoms with Crippen molar-refractivity contribution in [2.75, 3.05) is 6.61 Å². The van der Waals surface area contributed by atoms with E-state index in [2.05, 4.69) is 6.58 Å². The van der Waals surface area contributed by atoms with Gasteiger partial charge in [-0.3, -0.25) is 0 Å². The first-order chi connectivity index (χ1) is 11.5. The van der Waals surface area contributed by atoms with Gasteiger partial charge in [0.2, 0.25) is 0 Å². The third-order valence-corrected chi connectivity index (χ3v) is 3.86. The van der Waals surface area contributed by atoms with Crippen LogP contribution in [0, 0.1) is 13.8 Å². The minimum absolute atomic E-state index is 0.0739. The molecule has 0 bridgehead atoms. The predicted octanol–water partition coefficient (Wildman–Crippen LogP) is 4.33. The van der Waals surface area contributed by atoms with Crippen LogP contribution in [0.4, 0.5) is 0 Å². The Hall–Kier alpha value is -2.95. The Morgan fingerprint density at radius 1 is 1.21 bits per heavy atom. The van der Waals surface area contributed by atoms with Gasteiger partial charge >= 0.3 is 5.63 Å². The van der Waals surface area contributed by atoms with Crippen molar-refractivity contribution in [1.82, 2.24) is 0 Å². The summed E-state index contributed by atoms with van der Waals surface area (Å²) in [6.45, 7) is 7.39. The molecule has 0 saturated carbocycles. The molecule has 0 saturated heterocycles. The molecule has 0 radical (unpaired) electrons. The van der Waals surface area contributed by atoms with E-state index in [1.165, 1.54) is 6.92 Å². The molecule has 2 aromatic heterocycles. The van der Waals surface area contributed by atoms with Crippen LogP contribution >= 0.6 is 0 Å². The molecule has 0 unspecified atom stereocenters. The molecule has 0 fully saturated rings. The molecule has 124 valence electrons. The van der Waals surface area contributed by atoms with E-state index in [9.17, 15) is 9.90 Å². The second kappa shape index (κ2) is 6.28. The average Bonchev–Trinajstić information content (AvgIpc) is 2.99. The summed E-state index contributed by atoms with van der Waals surface area (Å²) >= 11 is 0. The van der Waals surface area contributed by atoms with Gasteiger partial charge in [0.05, 0.1) is 12.2 Å². The summed E-state index contributed by atoms with van der Waals surface area (Å²) in [5.74, 6) is 1.23. The molecule has 3 aromatic rings. The number of hydrogen-bond donors (Lipinski definition) is 1. The van der Waals surface area contributed by atoms with Crippen molar-refractivity contribution in [2.24, 2.45) is 0 Å². The summed E-state index contributed by atoms with van der Waals surface area (Å²) in [6, 6.07) is 7.26. The molecule has 1 N–H and O–H groups in total. The van der Waals surface area contributed by atoms with Gasteiger partial charge in [-0.15, -0.1) is 6.58 Å². The van der Waals surface area contributed by atoms with E-state index in [0.29, 0.717) is 29.3 Å². The van der Waals surface area contributed by atoms with Crippen LogP contribution in [0.2, 0.25) is 0 Å². The van der Waals surface area contributed by atoms with Gasteiger partial charge in [0.1, 0.15) is 17.1 Å². The second-order valence-corrected chi connectivity index (χ2v) is 5.55. The number of fused-ring (bicyclic) bond motifs is 1. The maximum Gasteiger partial charge on any atom is 0.343 e. The van der Waals surface area contributed by atoms with Crippen LogP contribution in [-0.4, -0.2) is 11.7 Å². The summed E-state index contributed by atoms with van der Waals surface area (Å²) in [4.78, 5) is 11.8. The molecule has 5 heteroatoms. The highest BCUT2D eigenvalue weighted by Crippen LogP contribution is 2.34. The highest BCUT2D eigenvalue weighted by atomic mass is 16.5. The van der Waals surface area contributed by atoms with Crippen molar-refractivity contribution < 1.29 is 18.7 Å². The Morgan fingerprint density at radius 2 is 2.00 bits per heavy atom. The molecule has 0 atom stereocenters. The normalized spacial score (nSPS) is 10.9. The van der Waals surface area contributed by atoms with Crippen LogP contribution in [0.3, 0.4) is 0 Å². The highest BCUT2D eigenvalue weighted by molar-refractivity contribution is 5.83. The van der Waals surface area contributed by atoms with E-state index in [0.717, 1.165) is 11.8 Å². The van der Waals surface area contributed by atoms with Crippen LogP contribution in [0.5, 0.6) is 11.5 Å². The Labute approximate surface area is 138 Å². The number of rotatable bonds is 5. The van der Waals surface area contributed by atoms with Crippen LogP contribution in [-0.2, 0) is 0 Å². The molecule has 24 heavy (non-hydrogen) atoms. The summed E-state index contributed by atoms with van der Waals surface area (Å²) in [5, 5.41) is 10.9. The Balaban J connectivity index is 2.02. The minimum atomic E-state index is -0.581. The van der Waals surface area contributed by atoms with Crippen molar-refractivity contribution in [3.05, 3.63) is 58.5 Å². The standard InChI is InChI=1S/C19H18O5/c1-4-5-8-22-14-7-6-13-9-16(23-15(13)10-14)18-11(2)17(20)12(3)19(21)24-18/h4,6-7,9-10,20H,1,5,8H2,2-3H3. The Morgan fingerprint density at radius 3 is 2.75 bits per heavy atom. The molecular weight excluding hydrogens is 308 g/mol. The van der Waals surface area contributed by atoms with Crippen molar-refractivity contribution >= 4 is 11.0 Å². The highest BCUT2D eigenvalue weighted by Gasteiger charge is 2.18. The fourth-order valence-electron chi connectivity index (χ4n) is 2.44. The Bertz CT molecular complexity index is 962. The average molecular weight is 326 g/mol. The minimum Gasteiger partial charge on any atom is -0.507 e. The fraction of sp³-hybridized carbons (Fsp3) is 0.211. The Kier molecular flexibility index (Phi) is 4.16. The zero-order chi connectivity index (χ0) is 17.3. The van der Waals surface area contributed by atoms with E-state index in [4.69, 9.17) is 13.6 Å². The quantitative estimate of drug-likeness (QED) is 0.558. The lowest BCUT2D eigenvalue weighted by atomic mass is 10.1. The van der Waals surface area contributed by atoms with Gasteiger partial charge in [0.25, 0.3) is 0 Å². The fourth-order valence-corrected chi connectivity index (χ4v) is 2.44. The third-order valence-electron chi connectivity index (χ3n) is 3.86. The third kappa shape index (κ3) is 2.80. The smallest absolute Gasteiger partial charge is 0.343 e. The second-order valence-electron chi connectivity index (χ2n) is 5.55. The molecule has 0 aliphatic heterocycles. The molecule has 0 amide bonds. The summed E-state index contributed by atoms with van der Waals surface area (Å²) < 4.78 is 16.7. The SMILES string of the molecule is C=CCCOc1ccc2cc(-c3oc(=O)c(C)c(O)c3C)oc2c1. The molecule has 0 aliphatic rings. The van der Waals surface area contributed by atoms with E-state index < -0.39 is 5.63 Å². The maximum atomic E-state index is 11.8. The molecular formula is C19H18O5. The van der Waals surface area contributed by atoms with E-state index in [-0.39, 0.29) is 17.1 Å². The van der Waals surface area contributed by atoms with Gasteiger partial charge in [-0.05, 0) is 38.5 Å². The van der Waals surface area contributed by atoms with Crippen LogP contribution in [0.1, 0.15) is 17.5 Å². The van der Waals surface area contributed by atoms with Crippen molar-refractivity contribution in [3.8, 4) is 23.0 Å². The summed E-state index contributed by atoms with van der Waals surface area (Å²) in [5.41, 5.74) is 0.684. The van der Waals surface area contributed by atoms with Gasteiger partial charge < -0.3 is 18.7 Å². The number of furan rings is 1. The molecule has 5 nitrogen and oxygen atoms in total. The van der Waals surface area contributed by atoms with E-state index in [1.54, 1.807) is 25.1 Å². The number of benzene rings is 1. The number of aromatic hydroxyl groups is 1. The lowest BCUT2D eigenvalue weighted by Gasteiger charge is -2.05. The van der Waals surface area contributed by atoms with E-state index in [1.807, 2.05) is 12.1 Å². The summed E-state index contributed by atoms with van der Waals surface area (Å²) in [6.07, 6.45) is 2.55. The van der Waals surface area contributed by atoms with Gasteiger partial charge in [0.15, 0.2) is 11.5 Å². The van der Waals surface area contributed by atoms with Gasteiger partial charge in [-0.1, -0.05) is 6.08 Å². The van der Waals surface area contributed by atoms with Gasteiger partial charge in [0, 0.05) is 17.0 Å². The largest absolute Gasteiger partial charge is 0.507 e. The first-order valence-corrected chi connectivity index (χ1v) is 7.62. The lowest BCUT2D eigenvalue weighted by Crippen LogP contribution is -2.05. The van der Waals surface area contributed by atoms with Crippen molar-refractivity contribution in [1.29, 1.82) is 0 Å². The summed E-state index contributed by atoms with van der Waals surface area (Å²) in [7, 11) is 0. The molecule has 2 heterocycles. The first kappa shape index (κ1) is 15.9. The van der Waals surface area contributed by atoms with E-state index >= 15 is 0 Å². The van der Waals surface area contributed by atoms with Gasteiger partial charge in [-0.25, -0.2) is 4.79 Å². The zero-order valence-corrected chi connectivity index (χ0v) is 13.6. The lowest BCUT2D eigenvalue weighted by molar-refractivity contribution is 0.325. The molecule has 1 aromatic carbocycles. The van der Waals surface area contributed by atoms with Crippen molar-refractivity contribution in [2.45, 2.75) is 20.3 Å².